The molecule has 18 heavy (non-hydrogen) atoms. The minimum Gasteiger partial charge on any atom is -0.395 e. The van der Waals surface area contributed by atoms with E-state index in [0.29, 0.717) is 12.1 Å². The van der Waals surface area contributed by atoms with Gasteiger partial charge >= 0.3 is 0 Å². The number of carbonyl (C=O) groups is 1. The van der Waals surface area contributed by atoms with Crippen molar-refractivity contribution in [3.05, 3.63) is 11.4 Å². The highest BCUT2D eigenvalue weighted by molar-refractivity contribution is 5.97. The van der Waals surface area contributed by atoms with Crippen LogP contribution in [-0.2, 0) is 0 Å². The molecule has 1 aromatic rings. The van der Waals surface area contributed by atoms with Gasteiger partial charge in [0.25, 0.3) is 5.91 Å². The number of aliphatic hydroxyl groups excluding tert-OH is 1. The van der Waals surface area contributed by atoms with E-state index in [9.17, 15) is 9.90 Å². The van der Waals surface area contributed by atoms with Crippen LogP contribution in [0.3, 0.4) is 0 Å². The molecule has 1 rings (SSSR count). The highest BCUT2D eigenvalue weighted by atomic mass is 16.3. The first-order chi connectivity index (χ1) is 8.32. The summed E-state index contributed by atoms with van der Waals surface area (Å²) < 4.78 is 0. The number of nitrogens with one attached hydrogen (secondary N) is 2. The van der Waals surface area contributed by atoms with Gasteiger partial charge < -0.3 is 16.2 Å². The van der Waals surface area contributed by atoms with Crippen LogP contribution in [0.1, 0.15) is 56.2 Å². The summed E-state index contributed by atoms with van der Waals surface area (Å²) in [4.78, 5) is 11.9. The Morgan fingerprint density at radius 1 is 1.44 bits per heavy atom. The molecule has 2 atom stereocenters. The molecule has 0 spiro atoms. The van der Waals surface area contributed by atoms with Gasteiger partial charge in [-0.2, -0.15) is 5.10 Å². The van der Waals surface area contributed by atoms with Crippen LogP contribution in [0.4, 0.5) is 5.69 Å². The highest BCUT2D eigenvalue weighted by Crippen LogP contribution is 2.21. The molecule has 1 heterocycles. The van der Waals surface area contributed by atoms with Gasteiger partial charge in [0, 0.05) is 6.04 Å². The minimum atomic E-state index is -0.456. The Balaban J connectivity index is 2.73. The Hall–Kier alpha value is -1.56. The molecule has 1 amide bonds. The van der Waals surface area contributed by atoms with Gasteiger partial charge in [-0.3, -0.25) is 9.89 Å². The zero-order chi connectivity index (χ0) is 13.9. The molecule has 1 aromatic heterocycles. The van der Waals surface area contributed by atoms with Gasteiger partial charge in [0.15, 0.2) is 5.69 Å². The molecule has 5 N–H and O–H groups in total. The van der Waals surface area contributed by atoms with Gasteiger partial charge in [-0.1, -0.05) is 13.8 Å². The highest BCUT2D eigenvalue weighted by Gasteiger charge is 2.20. The molecule has 0 radical (unpaired) electrons. The third kappa shape index (κ3) is 3.46. The largest absolute Gasteiger partial charge is 0.395 e. The summed E-state index contributed by atoms with van der Waals surface area (Å²) in [6.07, 6.45) is 0.0377. The SMILES string of the molecule is CC(O)CC(C)NC(=O)c1n[nH]c(C(C)C)c1N. The lowest BCUT2D eigenvalue weighted by Gasteiger charge is -2.14. The molecule has 2 unspecified atom stereocenters. The van der Waals surface area contributed by atoms with Crippen LogP contribution >= 0.6 is 0 Å². The molecule has 102 valence electrons. The number of amides is 1. The Labute approximate surface area is 107 Å². The zero-order valence-corrected chi connectivity index (χ0v) is 11.3. The Bertz CT molecular complexity index is 412. The molecular weight excluding hydrogens is 232 g/mol. The summed E-state index contributed by atoms with van der Waals surface area (Å²) in [5.74, 6) is -0.127. The number of hydrogen-bond acceptors (Lipinski definition) is 4. The van der Waals surface area contributed by atoms with Crippen LogP contribution in [0.15, 0.2) is 0 Å². The fourth-order valence-electron chi connectivity index (χ4n) is 1.84. The molecular formula is C12H22N4O2. The van der Waals surface area contributed by atoms with Crippen molar-refractivity contribution >= 4 is 11.6 Å². The lowest BCUT2D eigenvalue weighted by Crippen LogP contribution is -2.35. The number of aromatic amines is 1. The second kappa shape index (κ2) is 5.86. The van der Waals surface area contributed by atoms with E-state index in [1.54, 1.807) is 6.92 Å². The fraction of sp³-hybridized carbons (Fsp3) is 0.667. The summed E-state index contributed by atoms with van der Waals surface area (Å²) >= 11 is 0. The lowest BCUT2D eigenvalue weighted by molar-refractivity contribution is 0.0919. The summed E-state index contributed by atoms with van der Waals surface area (Å²) in [5.41, 5.74) is 7.26. The number of hydrogen-bond donors (Lipinski definition) is 4. The summed E-state index contributed by atoms with van der Waals surface area (Å²) in [6, 6.07) is -0.129. The van der Waals surface area contributed by atoms with Crippen LogP contribution in [-0.4, -0.2) is 33.4 Å². The average molecular weight is 254 g/mol. The minimum absolute atomic E-state index is 0.129. The number of anilines is 1. The smallest absolute Gasteiger partial charge is 0.274 e. The van der Waals surface area contributed by atoms with Crippen LogP contribution in [0.25, 0.3) is 0 Å². The maximum absolute atomic E-state index is 11.9. The zero-order valence-electron chi connectivity index (χ0n) is 11.3. The summed E-state index contributed by atoms with van der Waals surface area (Å²) in [6.45, 7) is 7.46. The van der Waals surface area contributed by atoms with Crippen molar-refractivity contribution in [2.24, 2.45) is 0 Å². The number of nitrogen functional groups attached to an aromatic ring is 1. The van der Waals surface area contributed by atoms with Gasteiger partial charge in [0.05, 0.1) is 17.5 Å². The van der Waals surface area contributed by atoms with Crippen molar-refractivity contribution in [3.8, 4) is 0 Å². The normalized spacial score (nSPS) is 14.6. The maximum Gasteiger partial charge on any atom is 0.274 e. The standard InChI is InChI=1S/C12H22N4O2/c1-6(2)10-9(13)11(16-15-10)12(18)14-7(3)5-8(4)17/h6-8,17H,5,13H2,1-4H3,(H,14,18)(H,15,16). The Morgan fingerprint density at radius 2 is 2.06 bits per heavy atom. The fourth-order valence-corrected chi connectivity index (χ4v) is 1.84. The van der Waals surface area contributed by atoms with Gasteiger partial charge in [-0.25, -0.2) is 0 Å². The van der Waals surface area contributed by atoms with E-state index >= 15 is 0 Å². The predicted octanol–water partition coefficient (Wildman–Crippen LogP) is 1.00. The maximum atomic E-state index is 11.9. The lowest BCUT2D eigenvalue weighted by atomic mass is 10.1. The summed E-state index contributed by atoms with van der Waals surface area (Å²) in [5, 5.41) is 18.7. The van der Waals surface area contributed by atoms with Crippen LogP contribution in [0.5, 0.6) is 0 Å². The van der Waals surface area contributed by atoms with Crippen molar-refractivity contribution < 1.29 is 9.90 Å². The van der Waals surface area contributed by atoms with Crippen molar-refractivity contribution in [1.82, 2.24) is 15.5 Å². The number of nitrogens with two attached hydrogens (primary N) is 1. The monoisotopic (exact) mass is 254 g/mol. The van der Waals surface area contributed by atoms with Gasteiger partial charge in [0.1, 0.15) is 0 Å². The van der Waals surface area contributed by atoms with Crippen molar-refractivity contribution in [1.29, 1.82) is 0 Å². The van der Waals surface area contributed by atoms with Crippen molar-refractivity contribution in [2.45, 2.75) is 52.2 Å². The molecule has 0 fully saturated rings. The summed E-state index contributed by atoms with van der Waals surface area (Å²) in [7, 11) is 0. The molecule has 0 aliphatic carbocycles. The van der Waals surface area contributed by atoms with Crippen molar-refractivity contribution in [3.63, 3.8) is 0 Å². The topological polar surface area (TPSA) is 104 Å². The van der Waals surface area contributed by atoms with E-state index in [1.807, 2.05) is 20.8 Å². The van der Waals surface area contributed by atoms with E-state index in [2.05, 4.69) is 15.5 Å². The van der Waals surface area contributed by atoms with Crippen LogP contribution < -0.4 is 11.1 Å². The van der Waals surface area contributed by atoms with Crippen molar-refractivity contribution in [2.75, 3.05) is 5.73 Å². The van der Waals surface area contributed by atoms with E-state index in [0.717, 1.165) is 5.69 Å². The van der Waals surface area contributed by atoms with Gasteiger partial charge in [-0.05, 0) is 26.2 Å². The van der Waals surface area contributed by atoms with Gasteiger partial charge in [-0.15, -0.1) is 0 Å². The number of rotatable bonds is 5. The average Bonchev–Trinajstić information content (AvgIpc) is 2.58. The number of aliphatic hydroxyl groups is 1. The molecule has 0 aromatic carbocycles. The van der Waals surface area contributed by atoms with E-state index in [4.69, 9.17) is 5.73 Å². The first kappa shape index (κ1) is 14.5. The number of H-pyrrole nitrogens is 1. The van der Waals surface area contributed by atoms with Gasteiger partial charge in [0.2, 0.25) is 0 Å². The molecule has 0 aliphatic rings. The molecule has 0 aliphatic heterocycles. The third-order valence-electron chi connectivity index (χ3n) is 2.70. The third-order valence-corrected chi connectivity index (χ3v) is 2.70. The Kier molecular flexibility index (Phi) is 4.72. The molecule has 6 heteroatoms. The molecule has 6 nitrogen and oxygen atoms in total. The Morgan fingerprint density at radius 3 is 2.50 bits per heavy atom. The number of aromatic nitrogens is 2. The molecule has 0 saturated carbocycles. The van der Waals surface area contributed by atoms with E-state index in [-0.39, 0.29) is 23.6 Å². The molecule has 0 bridgehead atoms. The van der Waals surface area contributed by atoms with Crippen LogP contribution in [0, 0.1) is 0 Å². The van der Waals surface area contributed by atoms with Crippen LogP contribution in [0.2, 0.25) is 0 Å². The van der Waals surface area contributed by atoms with E-state index in [1.165, 1.54) is 0 Å². The predicted molar refractivity (Wildman–Crippen MR) is 70.3 cm³/mol. The van der Waals surface area contributed by atoms with E-state index < -0.39 is 6.10 Å². The molecule has 0 saturated heterocycles. The quantitative estimate of drug-likeness (QED) is 0.629. The first-order valence-corrected chi connectivity index (χ1v) is 6.15. The number of carbonyl (C=O) groups excluding carboxylic acids is 1. The second-order valence-electron chi connectivity index (χ2n) is 5.01. The first-order valence-electron chi connectivity index (χ1n) is 6.15. The number of nitrogens with zero attached hydrogens (tertiary/aromatic N) is 1. The second-order valence-corrected chi connectivity index (χ2v) is 5.01.